The summed E-state index contributed by atoms with van der Waals surface area (Å²) in [6, 6.07) is 12.9. The number of nitrogens with one attached hydrogen (secondary N) is 2. The Hall–Kier alpha value is -2.47. The van der Waals surface area contributed by atoms with Crippen LogP contribution in [0, 0.1) is 0 Å². The minimum atomic E-state index is -0.541. The molecule has 2 N–H and O–H groups in total. The van der Waals surface area contributed by atoms with Crippen LogP contribution in [0.5, 0.6) is 0 Å². The molecular formula is C20H22N2O3S. The van der Waals surface area contributed by atoms with E-state index in [4.69, 9.17) is 4.74 Å². The maximum absolute atomic E-state index is 12.7. The van der Waals surface area contributed by atoms with Crippen LogP contribution in [0.1, 0.15) is 25.5 Å². The summed E-state index contributed by atoms with van der Waals surface area (Å²) in [5.41, 5.74) is 1.86. The summed E-state index contributed by atoms with van der Waals surface area (Å²) in [5.74, 6) is 1.34. The molecule has 2 amide bonds. The van der Waals surface area contributed by atoms with Crippen LogP contribution < -0.4 is 10.6 Å². The first-order valence-electron chi connectivity index (χ1n) is 8.62. The van der Waals surface area contributed by atoms with Crippen molar-refractivity contribution in [3.63, 3.8) is 0 Å². The minimum Gasteiger partial charge on any atom is -0.461 e. The first kappa shape index (κ1) is 18.3. The van der Waals surface area contributed by atoms with Gasteiger partial charge in [-0.1, -0.05) is 49.4 Å². The average molecular weight is 370 g/mol. The lowest BCUT2D eigenvalue weighted by atomic mass is 9.91. The van der Waals surface area contributed by atoms with Crippen molar-refractivity contribution in [2.45, 2.75) is 19.9 Å². The Morgan fingerprint density at radius 2 is 1.96 bits per heavy atom. The van der Waals surface area contributed by atoms with E-state index >= 15 is 0 Å². The molecule has 1 heterocycles. The monoisotopic (exact) mass is 370 g/mol. The van der Waals surface area contributed by atoms with Gasteiger partial charge < -0.3 is 15.4 Å². The Morgan fingerprint density at radius 1 is 1.19 bits per heavy atom. The molecule has 0 saturated carbocycles. The van der Waals surface area contributed by atoms with Gasteiger partial charge in [0.25, 0.3) is 0 Å². The van der Waals surface area contributed by atoms with Gasteiger partial charge in [0.05, 0.1) is 11.6 Å². The predicted molar refractivity (Wildman–Crippen MR) is 105 cm³/mol. The minimum absolute atomic E-state index is 0.321. The molecule has 0 bridgehead atoms. The zero-order chi connectivity index (χ0) is 18.5. The number of allylic oxidation sites excluding steroid dienone is 1. The Morgan fingerprint density at radius 3 is 2.77 bits per heavy atom. The molecule has 0 fully saturated rings. The van der Waals surface area contributed by atoms with Crippen LogP contribution in [0.4, 0.5) is 4.79 Å². The highest BCUT2D eigenvalue weighted by Crippen LogP contribution is 2.32. The third-order valence-corrected chi connectivity index (χ3v) is 5.15. The van der Waals surface area contributed by atoms with E-state index in [1.807, 2.05) is 42.5 Å². The number of esters is 1. The molecule has 0 aliphatic carbocycles. The van der Waals surface area contributed by atoms with Crippen LogP contribution in [0.25, 0.3) is 10.8 Å². The number of hydrogen-bond acceptors (Lipinski definition) is 4. The number of hydrogen-bond donors (Lipinski definition) is 2. The van der Waals surface area contributed by atoms with E-state index in [0.717, 1.165) is 27.8 Å². The maximum Gasteiger partial charge on any atom is 0.338 e. The summed E-state index contributed by atoms with van der Waals surface area (Å²) in [7, 11) is 0. The number of urea groups is 1. The van der Waals surface area contributed by atoms with Gasteiger partial charge in [-0.3, -0.25) is 0 Å². The number of thioether (sulfide) groups is 1. The van der Waals surface area contributed by atoms with Crippen molar-refractivity contribution >= 4 is 34.5 Å². The molecule has 0 radical (unpaired) electrons. The topological polar surface area (TPSA) is 67.4 Å². The normalized spacial score (nSPS) is 17.0. The molecule has 3 rings (SSSR count). The lowest BCUT2D eigenvalue weighted by Crippen LogP contribution is -2.45. The molecule has 1 atom stereocenters. The van der Waals surface area contributed by atoms with Gasteiger partial charge in [-0.15, -0.1) is 0 Å². The maximum atomic E-state index is 12.7. The van der Waals surface area contributed by atoms with E-state index in [-0.39, 0.29) is 6.03 Å². The second kappa shape index (κ2) is 8.27. The Bertz CT molecular complexity index is 858. The van der Waals surface area contributed by atoms with Crippen molar-refractivity contribution in [3.8, 4) is 0 Å². The third kappa shape index (κ3) is 3.85. The first-order chi connectivity index (χ1) is 12.6. The highest BCUT2D eigenvalue weighted by molar-refractivity contribution is 7.99. The van der Waals surface area contributed by atoms with Crippen LogP contribution in [0.2, 0.25) is 0 Å². The molecule has 0 unspecified atom stereocenters. The fourth-order valence-electron chi connectivity index (χ4n) is 3.12. The van der Waals surface area contributed by atoms with Crippen molar-refractivity contribution in [2.24, 2.45) is 0 Å². The predicted octanol–water partition coefficient (Wildman–Crippen LogP) is 3.76. The van der Waals surface area contributed by atoms with Crippen LogP contribution in [-0.2, 0) is 9.53 Å². The van der Waals surface area contributed by atoms with E-state index in [1.54, 1.807) is 18.7 Å². The summed E-state index contributed by atoms with van der Waals surface area (Å²) in [6.07, 6.45) is 0. The summed E-state index contributed by atoms with van der Waals surface area (Å²) in [6.45, 7) is 4.15. The Kier molecular flexibility index (Phi) is 5.83. The second-order valence-electron chi connectivity index (χ2n) is 5.97. The van der Waals surface area contributed by atoms with Crippen molar-refractivity contribution in [1.29, 1.82) is 0 Å². The molecule has 136 valence electrons. The van der Waals surface area contributed by atoms with Crippen LogP contribution in [0.3, 0.4) is 0 Å². The molecule has 1 aliphatic heterocycles. The van der Waals surface area contributed by atoms with Gasteiger partial charge in [0.15, 0.2) is 0 Å². The van der Waals surface area contributed by atoms with Gasteiger partial charge in [0.2, 0.25) is 0 Å². The molecule has 0 saturated heterocycles. The number of amides is 2. The van der Waals surface area contributed by atoms with Crippen molar-refractivity contribution in [2.75, 3.05) is 18.1 Å². The number of fused-ring (bicyclic) bond motifs is 1. The summed E-state index contributed by atoms with van der Waals surface area (Å²) in [4.78, 5) is 24.8. The average Bonchev–Trinajstić information content (AvgIpc) is 2.64. The quantitative estimate of drug-likeness (QED) is 0.600. The van der Waals surface area contributed by atoms with Gasteiger partial charge in [0.1, 0.15) is 6.61 Å². The number of carbonyl (C=O) groups excluding carboxylic acids is 2. The van der Waals surface area contributed by atoms with Crippen LogP contribution in [-0.4, -0.2) is 30.1 Å². The molecule has 0 spiro atoms. The van der Waals surface area contributed by atoms with Gasteiger partial charge >= 0.3 is 12.0 Å². The fourth-order valence-corrected chi connectivity index (χ4v) is 3.61. The van der Waals surface area contributed by atoms with Crippen molar-refractivity contribution in [1.82, 2.24) is 10.6 Å². The molecule has 2 aromatic rings. The zero-order valence-corrected chi connectivity index (χ0v) is 15.7. The molecule has 5 nitrogen and oxygen atoms in total. The number of benzene rings is 2. The molecule has 6 heteroatoms. The van der Waals surface area contributed by atoms with Crippen molar-refractivity contribution < 1.29 is 14.3 Å². The molecular weight excluding hydrogens is 348 g/mol. The summed E-state index contributed by atoms with van der Waals surface area (Å²) in [5, 5.41) is 7.62. The highest BCUT2D eigenvalue weighted by Gasteiger charge is 2.32. The van der Waals surface area contributed by atoms with E-state index < -0.39 is 12.0 Å². The summed E-state index contributed by atoms with van der Waals surface area (Å²) < 4.78 is 5.44. The van der Waals surface area contributed by atoms with Gasteiger partial charge in [0, 0.05) is 11.4 Å². The van der Waals surface area contributed by atoms with Gasteiger partial charge in [-0.2, -0.15) is 11.8 Å². The first-order valence-corrected chi connectivity index (χ1v) is 9.78. The van der Waals surface area contributed by atoms with E-state index in [9.17, 15) is 9.59 Å². The smallest absolute Gasteiger partial charge is 0.338 e. The Balaban J connectivity index is 1.96. The SMILES string of the molecule is CCSCCOC(=O)C1=C(C)NC(=O)N[C@H]1c1cccc2ccccc12. The van der Waals surface area contributed by atoms with E-state index in [2.05, 4.69) is 17.6 Å². The molecule has 26 heavy (non-hydrogen) atoms. The number of ether oxygens (including phenoxy) is 1. The van der Waals surface area contributed by atoms with Crippen LogP contribution in [0.15, 0.2) is 53.7 Å². The third-order valence-electron chi connectivity index (χ3n) is 4.29. The number of carbonyl (C=O) groups is 2. The lowest BCUT2D eigenvalue weighted by Gasteiger charge is -2.29. The lowest BCUT2D eigenvalue weighted by molar-refractivity contribution is -0.138. The van der Waals surface area contributed by atoms with Gasteiger partial charge in [-0.25, -0.2) is 9.59 Å². The largest absolute Gasteiger partial charge is 0.461 e. The highest BCUT2D eigenvalue weighted by atomic mass is 32.2. The Labute approximate surface area is 157 Å². The van der Waals surface area contributed by atoms with E-state index in [0.29, 0.717) is 17.9 Å². The summed E-state index contributed by atoms with van der Waals surface area (Å²) >= 11 is 1.72. The molecule has 0 aromatic heterocycles. The van der Waals surface area contributed by atoms with Gasteiger partial charge in [-0.05, 0) is 29.0 Å². The van der Waals surface area contributed by atoms with Crippen LogP contribution >= 0.6 is 11.8 Å². The molecule has 2 aromatic carbocycles. The molecule has 1 aliphatic rings. The zero-order valence-electron chi connectivity index (χ0n) is 14.9. The standard InChI is InChI=1S/C20H22N2O3S/c1-3-26-12-11-25-19(23)17-13(2)21-20(24)22-18(17)16-10-6-8-14-7-4-5-9-15(14)16/h4-10,18H,3,11-12H2,1-2H3,(H2,21,22,24)/t18-/m0/s1. The fraction of sp³-hybridized carbons (Fsp3) is 0.300. The van der Waals surface area contributed by atoms with Crippen molar-refractivity contribution in [3.05, 3.63) is 59.3 Å². The second-order valence-corrected chi connectivity index (χ2v) is 7.37. The number of rotatable bonds is 6. The van der Waals surface area contributed by atoms with E-state index in [1.165, 1.54) is 0 Å².